The van der Waals surface area contributed by atoms with Gasteiger partial charge in [-0.3, -0.25) is 0 Å². The van der Waals surface area contributed by atoms with Gasteiger partial charge in [-0.15, -0.1) is 11.3 Å². The van der Waals surface area contributed by atoms with Crippen molar-refractivity contribution in [3.8, 4) is 0 Å². The molecule has 1 aromatic carbocycles. The average molecular weight is 261 g/mol. The van der Waals surface area contributed by atoms with E-state index in [1.165, 1.54) is 11.1 Å². The molecule has 4 heteroatoms. The van der Waals surface area contributed by atoms with Crippen molar-refractivity contribution in [1.29, 1.82) is 0 Å². The molecule has 0 aliphatic carbocycles. The van der Waals surface area contributed by atoms with Gasteiger partial charge in [-0.25, -0.2) is 4.98 Å². The number of hydrogen-bond acceptors (Lipinski definition) is 4. The van der Waals surface area contributed by atoms with Crippen LogP contribution in [0.25, 0.3) is 10.2 Å². The molecule has 0 amide bonds. The molecular formula is C14H19N3S. The Bertz CT molecular complexity index is 561. The number of thiazole rings is 1. The Balaban J connectivity index is 1.93. The lowest BCUT2D eigenvalue weighted by molar-refractivity contribution is 0.423. The van der Waals surface area contributed by atoms with Crippen molar-refractivity contribution in [2.24, 2.45) is 11.8 Å². The highest BCUT2D eigenvalue weighted by molar-refractivity contribution is 7.16. The highest BCUT2D eigenvalue weighted by Crippen LogP contribution is 2.36. The summed E-state index contributed by atoms with van der Waals surface area (Å²) < 4.78 is 1.18. The molecule has 2 N–H and O–H groups in total. The summed E-state index contributed by atoms with van der Waals surface area (Å²) >= 11 is 1.65. The molecule has 96 valence electrons. The summed E-state index contributed by atoms with van der Waals surface area (Å²) in [5.41, 5.74) is 11.1. The summed E-state index contributed by atoms with van der Waals surface area (Å²) in [4.78, 5) is 6.79. The standard InChI is InChI=1S/C14H19N3S/c1-9(2)10-5-6-17(7-10)11-3-4-12-14(13(11)15)16-8-18-12/h3-4,8-10H,5-7,15H2,1-2H3. The van der Waals surface area contributed by atoms with Crippen molar-refractivity contribution in [3.63, 3.8) is 0 Å². The second-order valence-corrected chi connectivity index (χ2v) is 6.32. The zero-order valence-corrected chi connectivity index (χ0v) is 11.7. The molecular weight excluding hydrogens is 242 g/mol. The Labute approximate surface area is 112 Å². The topological polar surface area (TPSA) is 42.2 Å². The molecule has 1 aromatic heterocycles. The third-order valence-electron chi connectivity index (χ3n) is 4.03. The summed E-state index contributed by atoms with van der Waals surface area (Å²) in [5, 5.41) is 0. The number of anilines is 2. The molecule has 3 rings (SSSR count). The number of nitrogen functional groups attached to an aromatic ring is 1. The number of nitrogens with two attached hydrogens (primary N) is 1. The van der Waals surface area contributed by atoms with Gasteiger partial charge in [0.1, 0.15) is 5.52 Å². The first kappa shape index (κ1) is 11.8. The fraction of sp³-hybridized carbons (Fsp3) is 0.500. The predicted molar refractivity (Wildman–Crippen MR) is 79.2 cm³/mol. The fourth-order valence-corrected chi connectivity index (χ4v) is 3.46. The largest absolute Gasteiger partial charge is 0.395 e. The Morgan fingerprint density at radius 3 is 3.00 bits per heavy atom. The van der Waals surface area contributed by atoms with Gasteiger partial charge in [-0.1, -0.05) is 13.8 Å². The second-order valence-electron chi connectivity index (χ2n) is 5.44. The summed E-state index contributed by atoms with van der Waals surface area (Å²) in [6.45, 7) is 6.85. The van der Waals surface area contributed by atoms with Crippen molar-refractivity contribution in [3.05, 3.63) is 17.6 Å². The van der Waals surface area contributed by atoms with Crippen molar-refractivity contribution in [2.75, 3.05) is 23.7 Å². The van der Waals surface area contributed by atoms with Crippen LogP contribution in [0.2, 0.25) is 0 Å². The zero-order chi connectivity index (χ0) is 12.7. The van der Waals surface area contributed by atoms with E-state index in [1.807, 2.05) is 5.51 Å². The van der Waals surface area contributed by atoms with E-state index in [9.17, 15) is 0 Å². The molecule has 1 atom stereocenters. The van der Waals surface area contributed by atoms with Crippen molar-refractivity contribution >= 4 is 32.9 Å². The van der Waals surface area contributed by atoms with E-state index < -0.39 is 0 Å². The van der Waals surface area contributed by atoms with Gasteiger partial charge in [0, 0.05) is 13.1 Å². The molecule has 0 spiro atoms. The number of fused-ring (bicyclic) bond motifs is 1. The molecule has 2 aromatic rings. The molecule has 18 heavy (non-hydrogen) atoms. The van der Waals surface area contributed by atoms with Crippen LogP contribution in [-0.4, -0.2) is 18.1 Å². The van der Waals surface area contributed by atoms with E-state index in [2.05, 4.69) is 35.9 Å². The lowest BCUT2D eigenvalue weighted by atomic mass is 9.95. The highest BCUT2D eigenvalue weighted by atomic mass is 32.1. The molecule has 0 radical (unpaired) electrons. The number of aromatic nitrogens is 1. The van der Waals surface area contributed by atoms with Crippen molar-refractivity contribution in [2.45, 2.75) is 20.3 Å². The van der Waals surface area contributed by atoms with Crippen LogP contribution in [0, 0.1) is 11.8 Å². The number of rotatable bonds is 2. The van der Waals surface area contributed by atoms with Crippen LogP contribution in [0.3, 0.4) is 0 Å². The van der Waals surface area contributed by atoms with E-state index in [0.717, 1.165) is 41.8 Å². The number of hydrogen-bond donors (Lipinski definition) is 1. The normalized spacial score (nSPS) is 20.2. The van der Waals surface area contributed by atoms with Gasteiger partial charge < -0.3 is 10.6 Å². The second kappa shape index (κ2) is 4.43. The van der Waals surface area contributed by atoms with Gasteiger partial charge in [0.2, 0.25) is 0 Å². The minimum absolute atomic E-state index is 0.749. The van der Waals surface area contributed by atoms with Crippen LogP contribution in [0.1, 0.15) is 20.3 Å². The number of nitrogens with zero attached hydrogens (tertiary/aromatic N) is 2. The molecule has 0 bridgehead atoms. The summed E-state index contributed by atoms with van der Waals surface area (Å²) in [6.07, 6.45) is 1.27. The maximum absolute atomic E-state index is 6.27. The maximum Gasteiger partial charge on any atom is 0.106 e. The predicted octanol–water partition coefficient (Wildman–Crippen LogP) is 3.36. The summed E-state index contributed by atoms with van der Waals surface area (Å²) in [6, 6.07) is 4.29. The van der Waals surface area contributed by atoms with Crippen LogP contribution < -0.4 is 10.6 Å². The molecule has 1 saturated heterocycles. The SMILES string of the molecule is CC(C)C1CCN(c2ccc3scnc3c2N)C1. The number of benzene rings is 1. The lowest BCUT2D eigenvalue weighted by Gasteiger charge is -2.21. The van der Waals surface area contributed by atoms with Gasteiger partial charge >= 0.3 is 0 Å². The van der Waals surface area contributed by atoms with E-state index >= 15 is 0 Å². The van der Waals surface area contributed by atoms with Crippen LogP contribution >= 0.6 is 11.3 Å². The van der Waals surface area contributed by atoms with Crippen LogP contribution in [0.5, 0.6) is 0 Å². The monoisotopic (exact) mass is 261 g/mol. The zero-order valence-electron chi connectivity index (χ0n) is 10.9. The first-order valence-electron chi connectivity index (χ1n) is 6.53. The van der Waals surface area contributed by atoms with Crippen LogP contribution in [-0.2, 0) is 0 Å². The molecule has 1 aliphatic rings. The third kappa shape index (κ3) is 1.85. The first-order chi connectivity index (χ1) is 8.66. The maximum atomic E-state index is 6.27. The van der Waals surface area contributed by atoms with E-state index in [4.69, 9.17) is 5.73 Å². The average Bonchev–Trinajstić information content (AvgIpc) is 2.97. The van der Waals surface area contributed by atoms with Gasteiger partial charge in [-0.05, 0) is 30.4 Å². The third-order valence-corrected chi connectivity index (χ3v) is 4.82. The highest BCUT2D eigenvalue weighted by Gasteiger charge is 2.26. The van der Waals surface area contributed by atoms with Crippen molar-refractivity contribution < 1.29 is 0 Å². The van der Waals surface area contributed by atoms with Gasteiger partial charge in [0.15, 0.2) is 0 Å². The molecule has 2 heterocycles. The summed E-state index contributed by atoms with van der Waals surface area (Å²) in [5.74, 6) is 1.54. The Morgan fingerprint density at radius 2 is 2.28 bits per heavy atom. The Kier molecular flexibility index (Phi) is 2.90. The Hall–Kier alpha value is -1.29. The smallest absolute Gasteiger partial charge is 0.106 e. The van der Waals surface area contributed by atoms with E-state index in [1.54, 1.807) is 11.3 Å². The minimum atomic E-state index is 0.749. The minimum Gasteiger partial charge on any atom is -0.395 e. The van der Waals surface area contributed by atoms with Gasteiger partial charge in [-0.2, -0.15) is 0 Å². The fourth-order valence-electron chi connectivity index (χ4n) is 2.77. The molecule has 1 fully saturated rings. The molecule has 3 nitrogen and oxygen atoms in total. The molecule has 0 saturated carbocycles. The summed E-state index contributed by atoms with van der Waals surface area (Å²) in [7, 11) is 0. The van der Waals surface area contributed by atoms with Crippen LogP contribution in [0.4, 0.5) is 11.4 Å². The Morgan fingerprint density at radius 1 is 1.44 bits per heavy atom. The molecule has 1 aliphatic heterocycles. The quantitative estimate of drug-likeness (QED) is 0.843. The lowest BCUT2D eigenvalue weighted by Crippen LogP contribution is -2.22. The van der Waals surface area contributed by atoms with E-state index in [-0.39, 0.29) is 0 Å². The first-order valence-corrected chi connectivity index (χ1v) is 7.41. The van der Waals surface area contributed by atoms with Gasteiger partial charge in [0.25, 0.3) is 0 Å². The molecule has 1 unspecified atom stereocenters. The van der Waals surface area contributed by atoms with E-state index in [0.29, 0.717) is 0 Å². The van der Waals surface area contributed by atoms with Gasteiger partial charge in [0.05, 0.1) is 21.6 Å². The van der Waals surface area contributed by atoms with Crippen LogP contribution in [0.15, 0.2) is 17.6 Å². The van der Waals surface area contributed by atoms with Crippen molar-refractivity contribution in [1.82, 2.24) is 4.98 Å².